The number of ether oxygens (including phenoxy) is 2. The smallest absolute Gasteiger partial charge is 0.0700 e. The van der Waals surface area contributed by atoms with Crippen LogP contribution in [0.5, 0.6) is 0 Å². The van der Waals surface area contributed by atoms with Gasteiger partial charge in [-0.25, -0.2) is 0 Å². The second kappa shape index (κ2) is 6.66. The zero-order valence-corrected chi connectivity index (χ0v) is 12.3. The normalized spacial score (nSPS) is 17.4. The Balaban J connectivity index is 1.92. The van der Waals surface area contributed by atoms with Crippen LogP contribution >= 0.6 is 15.9 Å². The molecule has 0 aromatic heterocycles. The van der Waals surface area contributed by atoms with Gasteiger partial charge < -0.3 is 14.8 Å². The Bertz CT molecular complexity index is 380. The van der Waals surface area contributed by atoms with Gasteiger partial charge in [0.2, 0.25) is 0 Å². The molecule has 0 radical (unpaired) electrons. The van der Waals surface area contributed by atoms with Gasteiger partial charge in [0, 0.05) is 36.7 Å². The molecule has 0 bridgehead atoms. The van der Waals surface area contributed by atoms with Gasteiger partial charge in [0.25, 0.3) is 0 Å². The number of hydrogen-bond donors (Lipinski definition) is 1. The Labute approximate surface area is 117 Å². The maximum Gasteiger partial charge on any atom is 0.0700 e. The molecule has 1 aliphatic rings. The third kappa shape index (κ3) is 3.12. The van der Waals surface area contributed by atoms with Crippen LogP contribution in [-0.4, -0.2) is 40.0 Å². The molecule has 0 saturated carbocycles. The van der Waals surface area contributed by atoms with Crippen LogP contribution in [-0.2, 0) is 14.9 Å². The van der Waals surface area contributed by atoms with Crippen molar-refractivity contribution in [3.05, 3.63) is 34.3 Å². The van der Waals surface area contributed by atoms with Gasteiger partial charge in [0.05, 0.1) is 13.2 Å². The van der Waals surface area contributed by atoms with E-state index < -0.39 is 0 Å². The topological polar surface area (TPSA) is 30.5 Å². The van der Waals surface area contributed by atoms with Gasteiger partial charge >= 0.3 is 0 Å². The first kappa shape index (κ1) is 14.0. The largest absolute Gasteiger partial charge is 0.382 e. The second-order valence-corrected chi connectivity index (χ2v) is 5.57. The van der Waals surface area contributed by atoms with E-state index in [1.54, 1.807) is 7.11 Å². The standard InChI is InChI=1S/C14H20BrNO2/c1-17-8-9-18-7-6-14(10-16-11-14)12-4-2-3-5-13(12)15/h2-5,16H,6-11H2,1H3. The molecular formula is C14H20BrNO2. The van der Waals surface area contributed by atoms with Crippen LogP contribution in [0.25, 0.3) is 0 Å². The van der Waals surface area contributed by atoms with E-state index in [9.17, 15) is 0 Å². The molecular weight excluding hydrogens is 294 g/mol. The highest BCUT2D eigenvalue weighted by atomic mass is 79.9. The zero-order chi connectivity index (χ0) is 12.8. The molecule has 0 amide bonds. The third-order valence-corrected chi connectivity index (χ3v) is 4.22. The summed E-state index contributed by atoms with van der Waals surface area (Å²) in [7, 11) is 1.70. The van der Waals surface area contributed by atoms with E-state index in [1.165, 1.54) is 10.0 Å². The Morgan fingerprint density at radius 1 is 1.22 bits per heavy atom. The highest BCUT2D eigenvalue weighted by Crippen LogP contribution is 2.36. The lowest BCUT2D eigenvalue weighted by Crippen LogP contribution is -2.57. The minimum atomic E-state index is 0.229. The molecule has 0 aliphatic carbocycles. The summed E-state index contributed by atoms with van der Waals surface area (Å²) >= 11 is 3.65. The van der Waals surface area contributed by atoms with Crippen molar-refractivity contribution in [1.82, 2.24) is 5.32 Å². The number of hydrogen-bond acceptors (Lipinski definition) is 3. The van der Waals surface area contributed by atoms with E-state index in [2.05, 4.69) is 45.5 Å². The molecule has 1 fully saturated rings. The quantitative estimate of drug-likeness (QED) is 0.784. The summed E-state index contributed by atoms with van der Waals surface area (Å²) in [6.45, 7) is 4.19. The van der Waals surface area contributed by atoms with E-state index in [4.69, 9.17) is 9.47 Å². The second-order valence-electron chi connectivity index (χ2n) is 4.72. The van der Waals surface area contributed by atoms with Crippen LogP contribution in [0.15, 0.2) is 28.7 Å². The molecule has 1 N–H and O–H groups in total. The van der Waals surface area contributed by atoms with Crippen molar-refractivity contribution in [2.75, 3.05) is 40.0 Å². The first-order valence-corrected chi connectivity index (χ1v) is 7.10. The summed E-state index contributed by atoms with van der Waals surface area (Å²) in [6.07, 6.45) is 1.05. The fraction of sp³-hybridized carbons (Fsp3) is 0.571. The minimum absolute atomic E-state index is 0.229. The monoisotopic (exact) mass is 313 g/mol. The van der Waals surface area contributed by atoms with Crippen LogP contribution < -0.4 is 5.32 Å². The average molecular weight is 314 g/mol. The molecule has 1 heterocycles. The van der Waals surface area contributed by atoms with Gasteiger partial charge in [-0.15, -0.1) is 0 Å². The molecule has 3 nitrogen and oxygen atoms in total. The minimum Gasteiger partial charge on any atom is -0.382 e. The lowest BCUT2D eigenvalue weighted by Gasteiger charge is -2.44. The summed E-state index contributed by atoms with van der Waals surface area (Å²) in [5.41, 5.74) is 1.62. The van der Waals surface area contributed by atoms with Gasteiger partial charge in [-0.1, -0.05) is 34.1 Å². The highest BCUT2D eigenvalue weighted by molar-refractivity contribution is 9.10. The Morgan fingerprint density at radius 3 is 2.61 bits per heavy atom. The van der Waals surface area contributed by atoms with Crippen LogP contribution in [0.4, 0.5) is 0 Å². The van der Waals surface area contributed by atoms with Crippen molar-refractivity contribution in [2.45, 2.75) is 11.8 Å². The molecule has 0 atom stereocenters. The summed E-state index contributed by atoms with van der Waals surface area (Å²) < 4.78 is 11.8. The van der Waals surface area contributed by atoms with Gasteiger partial charge in [-0.2, -0.15) is 0 Å². The third-order valence-electron chi connectivity index (χ3n) is 3.53. The fourth-order valence-electron chi connectivity index (χ4n) is 2.33. The van der Waals surface area contributed by atoms with Crippen molar-refractivity contribution in [1.29, 1.82) is 0 Å². The molecule has 1 aromatic carbocycles. The van der Waals surface area contributed by atoms with Gasteiger partial charge in [0.1, 0.15) is 0 Å². The first-order chi connectivity index (χ1) is 8.78. The molecule has 0 spiro atoms. The van der Waals surface area contributed by atoms with Crippen molar-refractivity contribution < 1.29 is 9.47 Å². The van der Waals surface area contributed by atoms with Crippen molar-refractivity contribution in [2.24, 2.45) is 0 Å². The summed E-state index contributed by atoms with van der Waals surface area (Å²) in [6, 6.07) is 8.48. The number of nitrogens with one attached hydrogen (secondary N) is 1. The molecule has 2 rings (SSSR count). The number of rotatable bonds is 7. The SMILES string of the molecule is COCCOCCC1(c2ccccc2Br)CNC1. The molecule has 18 heavy (non-hydrogen) atoms. The molecule has 100 valence electrons. The van der Waals surface area contributed by atoms with Crippen LogP contribution in [0.2, 0.25) is 0 Å². The predicted molar refractivity (Wildman–Crippen MR) is 76.0 cm³/mol. The van der Waals surface area contributed by atoms with Gasteiger partial charge in [0.15, 0.2) is 0 Å². The van der Waals surface area contributed by atoms with Crippen LogP contribution in [0.3, 0.4) is 0 Å². The van der Waals surface area contributed by atoms with Crippen LogP contribution in [0.1, 0.15) is 12.0 Å². The van der Waals surface area contributed by atoms with E-state index in [0.29, 0.717) is 13.2 Å². The van der Waals surface area contributed by atoms with Crippen LogP contribution in [0, 0.1) is 0 Å². The van der Waals surface area contributed by atoms with Gasteiger partial charge in [-0.3, -0.25) is 0 Å². The lowest BCUT2D eigenvalue weighted by atomic mass is 9.73. The number of methoxy groups -OCH3 is 1. The number of halogens is 1. The molecule has 1 aliphatic heterocycles. The Morgan fingerprint density at radius 2 is 2.00 bits per heavy atom. The van der Waals surface area contributed by atoms with E-state index in [1.807, 2.05) is 0 Å². The maximum atomic E-state index is 5.60. The summed E-state index contributed by atoms with van der Waals surface area (Å²) in [4.78, 5) is 0. The Hall–Kier alpha value is -0.420. The first-order valence-electron chi connectivity index (χ1n) is 6.31. The summed E-state index contributed by atoms with van der Waals surface area (Å²) in [5, 5.41) is 3.38. The average Bonchev–Trinajstić information content (AvgIpc) is 2.33. The van der Waals surface area contributed by atoms with E-state index >= 15 is 0 Å². The zero-order valence-electron chi connectivity index (χ0n) is 10.7. The molecule has 1 aromatic rings. The molecule has 4 heteroatoms. The summed E-state index contributed by atoms with van der Waals surface area (Å²) in [5.74, 6) is 0. The van der Waals surface area contributed by atoms with E-state index in [-0.39, 0.29) is 5.41 Å². The Kier molecular flexibility index (Phi) is 5.18. The predicted octanol–water partition coefficient (Wildman–Crippen LogP) is 2.34. The lowest BCUT2D eigenvalue weighted by molar-refractivity contribution is 0.0545. The maximum absolute atomic E-state index is 5.60. The van der Waals surface area contributed by atoms with Gasteiger partial charge in [-0.05, 0) is 18.1 Å². The fourth-order valence-corrected chi connectivity index (χ4v) is 3.04. The van der Waals surface area contributed by atoms with Crippen molar-refractivity contribution >= 4 is 15.9 Å². The molecule has 0 unspecified atom stereocenters. The van der Waals surface area contributed by atoms with E-state index in [0.717, 1.165) is 26.1 Å². The van der Waals surface area contributed by atoms with Crippen molar-refractivity contribution in [3.8, 4) is 0 Å². The highest BCUT2D eigenvalue weighted by Gasteiger charge is 2.39. The molecule has 1 saturated heterocycles. The number of benzene rings is 1. The van der Waals surface area contributed by atoms with Crippen molar-refractivity contribution in [3.63, 3.8) is 0 Å².